The van der Waals surface area contributed by atoms with E-state index in [1.54, 1.807) is 0 Å². The predicted octanol–water partition coefficient (Wildman–Crippen LogP) is 0.670. The van der Waals surface area contributed by atoms with Crippen LogP contribution in [-0.4, -0.2) is 37.2 Å². The zero-order chi connectivity index (χ0) is 11.6. The molecule has 2 fully saturated rings. The Labute approximate surface area is 97.1 Å². The van der Waals surface area contributed by atoms with Gasteiger partial charge in [0.1, 0.15) is 0 Å². The molecule has 0 aromatic carbocycles. The van der Waals surface area contributed by atoms with Crippen molar-refractivity contribution in [3.8, 4) is 0 Å². The average Bonchev–Trinajstić information content (AvgIpc) is 2.88. The highest BCUT2D eigenvalue weighted by Crippen LogP contribution is 2.21. The van der Waals surface area contributed by atoms with Gasteiger partial charge in [-0.1, -0.05) is 0 Å². The van der Waals surface area contributed by atoms with Crippen LogP contribution in [0.1, 0.15) is 33.1 Å². The molecule has 3 unspecified atom stereocenters. The molecule has 0 aliphatic carbocycles. The van der Waals surface area contributed by atoms with E-state index in [-0.39, 0.29) is 17.5 Å². The number of ether oxygens (including phenoxy) is 1. The quantitative estimate of drug-likeness (QED) is 0.743. The predicted molar refractivity (Wildman–Crippen MR) is 62.2 cm³/mol. The first kappa shape index (κ1) is 11.9. The Hall–Kier alpha value is -0.610. The number of carbonyl (C=O) groups excluding carboxylic acids is 1. The van der Waals surface area contributed by atoms with Gasteiger partial charge in [-0.15, -0.1) is 0 Å². The van der Waals surface area contributed by atoms with E-state index in [1.165, 1.54) is 0 Å². The number of rotatable bonds is 3. The van der Waals surface area contributed by atoms with E-state index in [2.05, 4.69) is 17.6 Å². The van der Waals surface area contributed by atoms with Crippen LogP contribution in [-0.2, 0) is 9.53 Å². The van der Waals surface area contributed by atoms with Crippen LogP contribution in [0.5, 0.6) is 0 Å². The Morgan fingerprint density at radius 1 is 1.62 bits per heavy atom. The van der Waals surface area contributed by atoms with Gasteiger partial charge in [0.05, 0.1) is 12.1 Å². The molecule has 2 N–H and O–H groups in total. The van der Waals surface area contributed by atoms with Crippen LogP contribution in [0.2, 0.25) is 0 Å². The first-order valence-electron chi connectivity index (χ1n) is 6.25. The summed E-state index contributed by atoms with van der Waals surface area (Å²) >= 11 is 0. The molecule has 2 aliphatic rings. The lowest BCUT2D eigenvalue weighted by Crippen LogP contribution is -2.54. The summed E-state index contributed by atoms with van der Waals surface area (Å²) < 4.78 is 5.34. The Morgan fingerprint density at radius 2 is 2.44 bits per heavy atom. The van der Waals surface area contributed by atoms with Crippen LogP contribution in [0.4, 0.5) is 0 Å². The highest BCUT2D eigenvalue weighted by atomic mass is 16.5. The maximum Gasteiger partial charge on any atom is 0.240 e. The molecule has 0 aromatic heterocycles. The minimum absolute atomic E-state index is 0.143. The molecule has 2 aliphatic heterocycles. The van der Waals surface area contributed by atoms with Crippen LogP contribution in [0.15, 0.2) is 0 Å². The second kappa shape index (κ2) is 4.72. The van der Waals surface area contributed by atoms with Crippen molar-refractivity contribution in [2.24, 2.45) is 5.92 Å². The standard InChI is InChI=1S/C12H22N2O2/c1-9(10-4-7-16-8-10)14-11(15)12(2)5-3-6-13-12/h9-10,13H,3-8H2,1-2H3,(H,14,15). The van der Waals surface area contributed by atoms with Gasteiger partial charge in [-0.2, -0.15) is 0 Å². The lowest BCUT2D eigenvalue weighted by Gasteiger charge is -2.27. The van der Waals surface area contributed by atoms with E-state index < -0.39 is 0 Å². The summed E-state index contributed by atoms with van der Waals surface area (Å²) in [5.41, 5.74) is -0.353. The second-order valence-corrected chi connectivity index (χ2v) is 5.25. The van der Waals surface area contributed by atoms with Crippen molar-refractivity contribution in [1.29, 1.82) is 0 Å². The fourth-order valence-corrected chi connectivity index (χ4v) is 2.52. The smallest absolute Gasteiger partial charge is 0.240 e. The number of amides is 1. The molecular weight excluding hydrogens is 204 g/mol. The van der Waals surface area contributed by atoms with Crippen molar-refractivity contribution in [3.05, 3.63) is 0 Å². The van der Waals surface area contributed by atoms with E-state index in [4.69, 9.17) is 4.74 Å². The topological polar surface area (TPSA) is 50.4 Å². The van der Waals surface area contributed by atoms with Crippen LogP contribution >= 0.6 is 0 Å². The van der Waals surface area contributed by atoms with E-state index in [0.29, 0.717) is 5.92 Å². The first-order valence-corrected chi connectivity index (χ1v) is 6.25. The molecule has 2 rings (SSSR count). The van der Waals surface area contributed by atoms with Crippen molar-refractivity contribution in [2.75, 3.05) is 19.8 Å². The molecule has 2 heterocycles. The Bertz CT molecular complexity index is 256. The average molecular weight is 226 g/mol. The van der Waals surface area contributed by atoms with Crippen LogP contribution in [0.3, 0.4) is 0 Å². The van der Waals surface area contributed by atoms with Gasteiger partial charge in [0.2, 0.25) is 5.91 Å². The summed E-state index contributed by atoms with van der Waals surface area (Å²) in [5, 5.41) is 6.41. The van der Waals surface area contributed by atoms with Crippen molar-refractivity contribution in [1.82, 2.24) is 10.6 Å². The van der Waals surface area contributed by atoms with Gasteiger partial charge in [-0.25, -0.2) is 0 Å². The highest BCUT2D eigenvalue weighted by Gasteiger charge is 2.37. The lowest BCUT2D eigenvalue weighted by atomic mass is 9.96. The Kier molecular flexibility index (Phi) is 3.50. The molecule has 0 saturated carbocycles. The molecule has 1 amide bonds. The zero-order valence-corrected chi connectivity index (χ0v) is 10.2. The van der Waals surface area contributed by atoms with Crippen LogP contribution in [0.25, 0.3) is 0 Å². The van der Waals surface area contributed by atoms with E-state index in [1.807, 2.05) is 6.92 Å². The summed E-state index contributed by atoms with van der Waals surface area (Å²) in [6.45, 7) is 6.64. The largest absolute Gasteiger partial charge is 0.381 e. The van der Waals surface area contributed by atoms with Gasteiger partial charge in [0, 0.05) is 18.6 Å². The van der Waals surface area contributed by atoms with Crippen LogP contribution < -0.4 is 10.6 Å². The van der Waals surface area contributed by atoms with Gasteiger partial charge in [-0.05, 0) is 39.7 Å². The third kappa shape index (κ3) is 2.38. The molecule has 0 spiro atoms. The van der Waals surface area contributed by atoms with Crippen LogP contribution in [0, 0.1) is 5.92 Å². The summed E-state index contributed by atoms with van der Waals surface area (Å²) in [6.07, 6.45) is 3.09. The highest BCUT2D eigenvalue weighted by molar-refractivity contribution is 5.86. The van der Waals surface area contributed by atoms with E-state index in [9.17, 15) is 4.79 Å². The van der Waals surface area contributed by atoms with Gasteiger partial charge in [-0.3, -0.25) is 4.79 Å². The SMILES string of the molecule is CC(NC(=O)C1(C)CCCN1)C1CCOC1. The van der Waals surface area contributed by atoms with Gasteiger partial charge in [0.25, 0.3) is 0 Å². The summed E-state index contributed by atoms with van der Waals surface area (Å²) in [6, 6.07) is 0.217. The molecule has 0 bridgehead atoms. The molecule has 92 valence electrons. The zero-order valence-electron chi connectivity index (χ0n) is 10.2. The molecule has 16 heavy (non-hydrogen) atoms. The van der Waals surface area contributed by atoms with E-state index in [0.717, 1.165) is 39.0 Å². The molecule has 3 atom stereocenters. The molecule has 0 radical (unpaired) electrons. The summed E-state index contributed by atoms with van der Waals surface area (Å²) in [5.74, 6) is 0.623. The molecular formula is C12H22N2O2. The Morgan fingerprint density at radius 3 is 3.00 bits per heavy atom. The molecule has 0 aromatic rings. The van der Waals surface area contributed by atoms with Crippen molar-refractivity contribution < 1.29 is 9.53 Å². The maximum absolute atomic E-state index is 12.1. The monoisotopic (exact) mass is 226 g/mol. The van der Waals surface area contributed by atoms with E-state index >= 15 is 0 Å². The number of hydrogen-bond acceptors (Lipinski definition) is 3. The van der Waals surface area contributed by atoms with Gasteiger partial charge < -0.3 is 15.4 Å². The molecule has 4 heteroatoms. The van der Waals surface area contributed by atoms with Crippen molar-refractivity contribution in [2.45, 2.75) is 44.7 Å². The summed E-state index contributed by atoms with van der Waals surface area (Å²) in [7, 11) is 0. The van der Waals surface area contributed by atoms with Crippen molar-refractivity contribution in [3.63, 3.8) is 0 Å². The Balaban J connectivity index is 1.86. The molecule has 4 nitrogen and oxygen atoms in total. The number of hydrogen-bond donors (Lipinski definition) is 2. The van der Waals surface area contributed by atoms with Crippen molar-refractivity contribution >= 4 is 5.91 Å². The van der Waals surface area contributed by atoms with Gasteiger partial charge in [0.15, 0.2) is 0 Å². The number of carbonyl (C=O) groups is 1. The molecule has 2 saturated heterocycles. The fourth-order valence-electron chi connectivity index (χ4n) is 2.52. The minimum atomic E-state index is -0.353. The first-order chi connectivity index (χ1) is 7.62. The summed E-state index contributed by atoms with van der Waals surface area (Å²) in [4.78, 5) is 12.1. The second-order valence-electron chi connectivity index (χ2n) is 5.25. The lowest BCUT2D eigenvalue weighted by molar-refractivity contribution is -0.127. The normalized spacial score (nSPS) is 36.2. The third-order valence-electron chi connectivity index (χ3n) is 3.90. The third-order valence-corrected chi connectivity index (χ3v) is 3.90. The fraction of sp³-hybridized carbons (Fsp3) is 0.917. The minimum Gasteiger partial charge on any atom is -0.381 e. The maximum atomic E-state index is 12.1. The number of nitrogens with one attached hydrogen (secondary N) is 2. The van der Waals surface area contributed by atoms with Gasteiger partial charge >= 0.3 is 0 Å².